The lowest BCUT2D eigenvalue weighted by Crippen LogP contribution is -2.47. The molecule has 3 aromatic rings. The van der Waals surface area contributed by atoms with E-state index in [-0.39, 0.29) is 0 Å². The number of piperazine rings is 1. The van der Waals surface area contributed by atoms with Gasteiger partial charge in [0, 0.05) is 37.4 Å². The lowest BCUT2D eigenvalue weighted by atomic mass is 10.2. The van der Waals surface area contributed by atoms with Crippen LogP contribution >= 0.6 is 0 Å². The minimum Gasteiger partial charge on any atom is -0.354 e. The van der Waals surface area contributed by atoms with Crippen LogP contribution < -0.4 is 9.80 Å². The number of hydrogen-bond donors (Lipinski definition) is 0. The van der Waals surface area contributed by atoms with E-state index in [1.807, 2.05) is 23.5 Å². The highest BCUT2D eigenvalue weighted by molar-refractivity contribution is 5.53. The molecule has 0 amide bonds. The van der Waals surface area contributed by atoms with Gasteiger partial charge in [-0.05, 0) is 26.0 Å². The van der Waals surface area contributed by atoms with Crippen LogP contribution in [-0.2, 0) is 0 Å². The molecule has 0 radical (unpaired) electrons. The summed E-state index contributed by atoms with van der Waals surface area (Å²) in [6, 6.07) is 6.12. The van der Waals surface area contributed by atoms with Crippen molar-refractivity contribution >= 4 is 17.3 Å². The molecule has 0 unspecified atom stereocenters. The van der Waals surface area contributed by atoms with Crippen molar-refractivity contribution in [2.75, 3.05) is 36.0 Å². The Balaban J connectivity index is 1.55. The van der Waals surface area contributed by atoms with Crippen LogP contribution in [-0.4, -0.2) is 50.7 Å². The summed E-state index contributed by atoms with van der Waals surface area (Å²) in [5, 5.41) is 8.12. The number of hydrogen-bond acceptors (Lipinski definition) is 6. The molecule has 1 aliphatic rings. The van der Waals surface area contributed by atoms with E-state index in [1.54, 1.807) is 12.7 Å². The largest absolute Gasteiger partial charge is 0.354 e. The monoisotopic (exact) mass is 309 g/mol. The maximum absolute atomic E-state index is 4.47. The minimum absolute atomic E-state index is 0.882. The van der Waals surface area contributed by atoms with E-state index in [9.17, 15) is 0 Å². The average molecular weight is 309 g/mol. The summed E-state index contributed by atoms with van der Waals surface area (Å²) in [4.78, 5) is 13.4. The fourth-order valence-electron chi connectivity index (χ4n) is 3.08. The molecule has 1 fully saturated rings. The summed E-state index contributed by atoms with van der Waals surface area (Å²) in [6.07, 6.45) is 3.43. The summed E-state index contributed by atoms with van der Waals surface area (Å²) < 4.78 is 2.04. The van der Waals surface area contributed by atoms with Gasteiger partial charge >= 0.3 is 0 Å². The minimum atomic E-state index is 0.882. The SMILES string of the molecule is Cc1ncnc(N2CCN(c3cccc4nncn34)CC2)c1C. The zero-order chi connectivity index (χ0) is 15.8. The molecule has 0 bridgehead atoms. The van der Waals surface area contributed by atoms with Gasteiger partial charge in [0.1, 0.15) is 24.3 Å². The van der Waals surface area contributed by atoms with E-state index >= 15 is 0 Å². The topological polar surface area (TPSA) is 62.5 Å². The fraction of sp³-hybridized carbons (Fsp3) is 0.375. The molecule has 0 spiro atoms. The summed E-state index contributed by atoms with van der Waals surface area (Å²) in [6.45, 7) is 7.89. The maximum atomic E-state index is 4.47. The molecule has 1 aliphatic heterocycles. The van der Waals surface area contributed by atoms with Gasteiger partial charge in [0.05, 0.1) is 0 Å². The highest BCUT2D eigenvalue weighted by Crippen LogP contribution is 2.22. The Hall–Kier alpha value is -2.70. The molecule has 23 heavy (non-hydrogen) atoms. The van der Waals surface area contributed by atoms with Crippen LogP contribution in [0.15, 0.2) is 30.9 Å². The van der Waals surface area contributed by atoms with Crippen LogP contribution in [0.3, 0.4) is 0 Å². The van der Waals surface area contributed by atoms with Gasteiger partial charge in [-0.2, -0.15) is 0 Å². The van der Waals surface area contributed by atoms with E-state index in [0.717, 1.165) is 49.2 Å². The van der Waals surface area contributed by atoms with Gasteiger partial charge in [0.2, 0.25) is 0 Å². The lowest BCUT2D eigenvalue weighted by Gasteiger charge is -2.37. The summed E-state index contributed by atoms with van der Waals surface area (Å²) in [7, 11) is 0. The molecule has 7 nitrogen and oxygen atoms in total. The highest BCUT2D eigenvalue weighted by atomic mass is 15.3. The number of pyridine rings is 1. The van der Waals surface area contributed by atoms with E-state index in [4.69, 9.17) is 0 Å². The van der Waals surface area contributed by atoms with E-state index in [2.05, 4.69) is 43.0 Å². The van der Waals surface area contributed by atoms with Crippen molar-refractivity contribution in [2.45, 2.75) is 13.8 Å². The first kappa shape index (κ1) is 13.9. The van der Waals surface area contributed by atoms with Crippen LogP contribution in [0.2, 0.25) is 0 Å². The Morgan fingerprint density at radius 2 is 1.74 bits per heavy atom. The third-order valence-electron chi connectivity index (χ3n) is 4.52. The van der Waals surface area contributed by atoms with Crippen molar-refractivity contribution in [2.24, 2.45) is 0 Å². The average Bonchev–Trinajstić information content (AvgIpc) is 3.06. The van der Waals surface area contributed by atoms with Gasteiger partial charge in [0.15, 0.2) is 5.65 Å². The third-order valence-corrected chi connectivity index (χ3v) is 4.52. The number of aromatic nitrogens is 5. The molecule has 118 valence electrons. The normalized spacial score (nSPS) is 15.4. The molecule has 4 heterocycles. The van der Waals surface area contributed by atoms with Crippen molar-refractivity contribution in [1.29, 1.82) is 0 Å². The van der Waals surface area contributed by atoms with Gasteiger partial charge in [0.25, 0.3) is 0 Å². The predicted molar refractivity (Wildman–Crippen MR) is 88.9 cm³/mol. The first-order chi connectivity index (χ1) is 11.2. The quantitative estimate of drug-likeness (QED) is 0.714. The van der Waals surface area contributed by atoms with Crippen molar-refractivity contribution in [3.63, 3.8) is 0 Å². The second kappa shape index (κ2) is 5.49. The molecule has 3 aromatic heterocycles. The smallest absolute Gasteiger partial charge is 0.162 e. The molecular formula is C16H19N7. The standard InChI is InChI=1S/C16H19N7/c1-12-13(2)17-10-18-16(12)22-8-6-21(7-9-22)15-5-3-4-14-20-19-11-23(14)15/h3-5,10-11H,6-9H2,1-2H3. The van der Waals surface area contributed by atoms with Crippen LogP contribution in [0.4, 0.5) is 11.6 Å². The Morgan fingerprint density at radius 3 is 2.57 bits per heavy atom. The van der Waals surface area contributed by atoms with Crippen molar-refractivity contribution in [3.05, 3.63) is 42.1 Å². The number of fused-ring (bicyclic) bond motifs is 1. The summed E-state index contributed by atoms with van der Waals surface area (Å²) in [5.74, 6) is 2.20. The van der Waals surface area contributed by atoms with Crippen molar-refractivity contribution < 1.29 is 0 Å². The van der Waals surface area contributed by atoms with Crippen LogP contribution in [0, 0.1) is 13.8 Å². The van der Waals surface area contributed by atoms with Crippen molar-refractivity contribution in [3.8, 4) is 0 Å². The second-order valence-corrected chi connectivity index (χ2v) is 5.82. The Labute approximate surface area is 134 Å². The molecule has 4 rings (SSSR count). The highest BCUT2D eigenvalue weighted by Gasteiger charge is 2.21. The number of anilines is 2. The Kier molecular flexibility index (Phi) is 3.33. The van der Waals surface area contributed by atoms with Crippen LogP contribution in [0.25, 0.3) is 5.65 Å². The van der Waals surface area contributed by atoms with Gasteiger partial charge in [-0.25, -0.2) is 9.97 Å². The first-order valence-electron chi connectivity index (χ1n) is 7.81. The second-order valence-electron chi connectivity index (χ2n) is 5.82. The fourth-order valence-corrected chi connectivity index (χ4v) is 3.08. The van der Waals surface area contributed by atoms with Gasteiger partial charge in [-0.1, -0.05) is 6.07 Å². The molecule has 0 N–H and O–H groups in total. The molecule has 0 saturated carbocycles. The summed E-state index contributed by atoms with van der Waals surface area (Å²) in [5.41, 5.74) is 3.10. The number of aryl methyl sites for hydroxylation is 1. The molecule has 7 heteroatoms. The van der Waals surface area contributed by atoms with Gasteiger partial charge in [-0.15, -0.1) is 10.2 Å². The van der Waals surface area contributed by atoms with Crippen LogP contribution in [0.1, 0.15) is 11.3 Å². The molecular weight excluding hydrogens is 290 g/mol. The molecule has 0 aliphatic carbocycles. The zero-order valence-corrected chi connectivity index (χ0v) is 13.3. The molecule has 0 aromatic carbocycles. The third kappa shape index (κ3) is 2.38. The lowest BCUT2D eigenvalue weighted by molar-refractivity contribution is 0.636. The van der Waals surface area contributed by atoms with E-state index < -0.39 is 0 Å². The van der Waals surface area contributed by atoms with E-state index in [1.165, 1.54) is 5.56 Å². The number of nitrogens with zero attached hydrogens (tertiary/aromatic N) is 7. The Morgan fingerprint density at radius 1 is 0.957 bits per heavy atom. The Bertz CT molecular complexity index is 833. The predicted octanol–water partition coefficient (Wildman–Crippen LogP) is 1.46. The first-order valence-corrected chi connectivity index (χ1v) is 7.81. The van der Waals surface area contributed by atoms with Gasteiger partial charge < -0.3 is 9.80 Å². The zero-order valence-electron chi connectivity index (χ0n) is 13.3. The number of rotatable bonds is 2. The van der Waals surface area contributed by atoms with E-state index in [0.29, 0.717) is 0 Å². The van der Waals surface area contributed by atoms with Crippen LogP contribution in [0.5, 0.6) is 0 Å². The van der Waals surface area contributed by atoms with Gasteiger partial charge in [-0.3, -0.25) is 4.40 Å². The van der Waals surface area contributed by atoms with Crippen molar-refractivity contribution in [1.82, 2.24) is 24.6 Å². The maximum Gasteiger partial charge on any atom is 0.162 e. The molecule has 1 saturated heterocycles. The molecule has 0 atom stereocenters. The summed E-state index contributed by atoms with van der Waals surface area (Å²) >= 11 is 0.